The summed E-state index contributed by atoms with van der Waals surface area (Å²) in [6.07, 6.45) is 1.15. The summed E-state index contributed by atoms with van der Waals surface area (Å²) in [6, 6.07) is 8.61. The predicted molar refractivity (Wildman–Crippen MR) is 83.4 cm³/mol. The lowest BCUT2D eigenvalue weighted by Crippen LogP contribution is -2.07. The van der Waals surface area contributed by atoms with Gasteiger partial charge in [-0.25, -0.2) is 9.78 Å². The summed E-state index contributed by atoms with van der Waals surface area (Å²) in [6.45, 7) is 3.64. The zero-order chi connectivity index (χ0) is 17.7. The van der Waals surface area contributed by atoms with Gasteiger partial charge in [0.15, 0.2) is 0 Å². The highest BCUT2D eigenvalue weighted by atomic mass is 16.5. The van der Waals surface area contributed by atoms with Gasteiger partial charge >= 0.3 is 5.97 Å². The molecule has 122 valence electrons. The number of aromatic nitrogens is 1. The highest BCUT2D eigenvalue weighted by molar-refractivity contribution is 6.06. The van der Waals surface area contributed by atoms with Crippen molar-refractivity contribution in [2.75, 3.05) is 0 Å². The van der Waals surface area contributed by atoms with Crippen molar-refractivity contribution in [1.82, 2.24) is 4.98 Å². The molecule has 1 aromatic heterocycles. The topological polar surface area (TPSA) is 110 Å². The molecule has 7 heteroatoms. The van der Waals surface area contributed by atoms with Crippen LogP contribution in [0.4, 0.5) is 0 Å². The maximum atomic E-state index is 11.2. The lowest BCUT2D eigenvalue weighted by Gasteiger charge is -2.13. The Labute approximate surface area is 138 Å². The van der Waals surface area contributed by atoms with Crippen molar-refractivity contribution < 1.29 is 24.2 Å². The Hall–Kier alpha value is -3.40. The van der Waals surface area contributed by atoms with Gasteiger partial charge in [0, 0.05) is 6.07 Å². The molecule has 0 aliphatic heterocycles. The second-order valence-electron chi connectivity index (χ2n) is 5.09. The number of carboxylic acid groups (broad SMARTS) is 1. The summed E-state index contributed by atoms with van der Waals surface area (Å²) < 4.78 is 11.1. The van der Waals surface area contributed by atoms with Crippen LogP contribution in [0.2, 0.25) is 0 Å². The maximum Gasteiger partial charge on any atom is 0.335 e. The first-order valence-electron chi connectivity index (χ1n) is 7.02. The summed E-state index contributed by atoms with van der Waals surface area (Å²) in [5, 5.41) is 17.7. The summed E-state index contributed by atoms with van der Waals surface area (Å²) >= 11 is 0. The molecule has 0 spiro atoms. The minimum Gasteiger partial charge on any atom is -0.491 e. The van der Waals surface area contributed by atoms with Gasteiger partial charge in [-0.3, -0.25) is 4.79 Å². The van der Waals surface area contributed by atoms with Crippen LogP contribution in [0.25, 0.3) is 0 Å². The summed E-state index contributed by atoms with van der Waals surface area (Å²) in [4.78, 5) is 26.2. The fraction of sp³-hybridized carbons (Fsp3) is 0.176. The monoisotopic (exact) mass is 326 g/mol. The highest BCUT2D eigenvalue weighted by Gasteiger charge is 2.11. The van der Waals surface area contributed by atoms with E-state index >= 15 is 0 Å². The van der Waals surface area contributed by atoms with Crippen LogP contribution in [0.15, 0.2) is 36.5 Å². The number of rotatable bonds is 6. The van der Waals surface area contributed by atoms with Crippen molar-refractivity contribution in [1.29, 1.82) is 5.26 Å². The first-order chi connectivity index (χ1) is 11.4. The molecule has 0 aliphatic carbocycles. The molecule has 24 heavy (non-hydrogen) atoms. The smallest absolute Gasteiger partial charge is 0.335 e. The summed E-state index contributed by atoms with van der Waals surface area (Å²) in [5.74, 6) is -0.942. The van der Waals surface area contributed by atoms with E-state index in [1.54, 1.807) is 6.07 Å². The number of ketones is 1. The standard InChI is InChI=1S/C17H14N2O5/c1-10(2)23-13-5-11(17(21)22)6-14(7-13)24-12-3-4-15(19-9-12)16(20)8-18/h3-7,9-10H,1-2H3,(H,21,22). The molecule has 0 saturated carbocycles. The molecule has 0 unspecified atom stereocenters. The van der Waals surface area contributed by atoms with Crippen LogP contribution >= 0.6 is 0 Å². The lowest BCUT2D eigenvalue weighted by atomic mass is 10.2. The number of nitrogens with zero attached hydrogens (tertiary/aromatic N) is 2. The zero-order valence-electron chi connectivity index (χ0n) is 13.0. The van der Waals surface area contributed by atoms with Gasteiger partial charge in [-0.15, -0.1) is 0 Å². The molecule has 1 N–H and O–H groups in total. The van der Waals surface area contributed by atoms with E-state index < -0.39 is 11.8 Å². The minimum atomic E-state index is -1.11. The average Bonchev–Trinajstić information content (AvgIpc) is 2.54. The lowest BCUT2D eigenvalue weighted by molar-refractivity contribution is 0.0695. The van der Waals surface area contributed by atoms with Gasteiger partial charge in [0.05, 0.1) is 17.9 Å². The molecule has 1 heterocycles. The minimum absolute atomic E-state index is 0.00738. The number of aromatic carboxylic acids is 1. The Morgan fingerprint density at radius 2 is 1.88 bits per heavy atom. The molecule has 0 fully saturated rings. The van der Waals surface area contributed by atoms with Gasteiger partial charge in [-0.1, -0.05) is 0 Å². The van der Waals surface area contributed by atoms with E-state index in [1.165, 1.54) is 36.5 Å². The van der Waals surface area contributed by atoms with Crippen molar-refractivity contribution in [2.24, 2.45) is 0 Å². The number of hydrogen-bond donors (Lipinski definition) is 1. The van der Waals surface area contributed by atoms with Crippen LogP contribution in [-0.2, 0) is 0 Å². The van der Waals surface area contributed by atoms with E-state index in [2.05, 4.69) is 4.98 Å². The molecular formula is C17H14N2O5. The van der Waals surface area contributed by atoms with Crippen molar-refractivity contribution in [2.45, 2.75) is 20.0 Å². The predicted octanol–water partition coefficient (Wildman–Crippen LogP) is 3.07. The largest absolute Gasteiger partial charge is 0.491 e. The molecule has 7 nitrogen and oxygen atoms in total. The van der Waals surface area contributed by atoms with Crippen LogP contribution in [0.3, 0.4) is 0 Å². The van der Waals surface area contributed by atoms with Crippen molar-refractivity contribution >= 4 is 11.8 Å². The van der Waals surface area contributed by atoms with E-state index in [0.29, 0.717) is 11.5 Å². The van der Waals surface area contributed by atoms with Crippen LogP contribution in [0.5, 0.6) is 17.2 Å². The number of carboxylic acids is 1. The maximum absolute atomic E-state index is 11.2. The Balaban J connectivity index is 2.28. The molecule has 0 radical (unpaired) electrons. The second-order valence-corrected chi connectivity index (χ2v) is 5.09. The molecular weight excluding hydrogens is 312 g/mol. The molecule has 0 saturated heterocycles. The quantitative estimate of drug-likeness (QED) is 0.641. The van der Waals surface area contributed by atoms with Crippen LogP contribution in [0.1, 0.15) is 34.7 Å². The fourth-order valence-electron chi connectivity index (χ4n) is 1.86. The average molecular weight is 326 g/mol. The van der Waals surface area contributed by atoms with Gasteiger partial charge in [-0.2, -0.15) is 5.26 Å². The third-order valence-corrected chi connectivity index (χ3v) is 2.81. The number of ether oxygens (including phenoxy) is 2. The number of pyridine rings is 1. The number of carbonyl (C=O) groups is 2. The summed E-state index contributed by atoms with van der Waals surface area (Å²) in [5.41, 5.74) is 0.0281. The number of nitriles is 1. The van der Waals surface area contributed by atoms with Crippen LogP contribution in [-0.4, -0.2) is 27.9 Å². The van der Waals surface area contributed by atoms with E-state index in [4.69, 9.17) is 19.8 Å². The Bertz CT molecular complexity index is 807. The van der Waals surface area contributed by atoms with Crippen molar-refractivity contribution in [3.05, 3.63) is 47.8 Å². The molecule has 1 aromatic carbocycles. The molecule has 0 aliphatic rings. The third-order valence-electron chi connectivity index (χ3n) is 2.81. The molecule has 2 aromatic rings. The van der Waals surface area contributed by atoms with Gasteiger partial charge in [0.1, 0.15) is 29.0 Å². The molecule has 0 bridgehead atoms. The first-order valence-corrected chi connectivity index (χ1v) is 7.02. The molecule has 0 atom stereocenters. The van der Waals surface area contributed by atoms with Crippen molar-refractivity contribution in [3.63, 3.8) is 0 Å². The van der Waals surface area contributed by atoms with Gasteiger partial charge < -0.3 is 14.6 Å². The second kappa shape index (κ2) is 7.24. The molecule has 2 rings (SSSR count). The van der Waals surface area contributed by atoms with E-state index in [1.807, 2.05) is 13.8 Å². The van der Waals surface area contributed by atoms with Gasteiger partial charge in [-0.05, 0) is 38.1 Å². The SMILES string of the molecule is CC(C)Oc1cc(Oc2ccc(C(=O)C#N)nc2)cc(C(=O)O)c1. The zero-order valence-corrected chi connectivity index (χ0v) is 13.0. The molecule has 0 amide bonds. The Morgan fingerprint density at radius 1 is 1.17 bits per heavy atom. The van der Waals surface area contributed by atoms with Crippen LogP contribution < -0.4 is 9.47 Å². The number of benzene rings is 1. The van der Waals surface area contributed by atoms with E-state index in [-0.39, 0.29) is 23.1 Å². The first kappa shape index (κ1) is 17.0. The van der Waals surface area contributed by atoms with Crippen LogP contribution in [0, 0.1) is 11.3 Å². The fourth-order valence-corrected chi connectivity index (χ4v) is 1.86. The van der Waals surface area contributed by atoms with E-state index in [0.717, 1.165) is 0 Å². The number of Topliss-reactive ketones (excluding diaryl/α,β-unsaturated/α-hetero) is 1. The highest BCUT2D eigenvalue weighted by Crippen LogP contribution is 2.28. The van der Waals surface area contributed by atoms with E-state index in [9.17, 15) is 9.59 Å². The Morgan fingerprint density at radius 3 is 2.42 bits per heavy atom. The number of carbonyl (C=O) groups excluding carboxylic acids is 1. The van der Waals surface area contributed by atoms with Crippen molar-refractivity contribution in [3.8, 4) is 23.3 Å². The normalized spacial score (nSPS) is 10.1. The third kappa shape index (κ3) is 4.30. The van der Waals surface area contributed by atoms with Gasteiger partial charge in [0.2, 0.25) is 0 Å². The van der Waals surface area contributed by atoms with Gasteiger partial charge in [0.25, 0.3) is 5.78 Å². The number of hydrogen-bond acceptors (Lipinski definition) is 6. The summed E-state index contributed by atoms with van der Waals surface area (Å²) in [7, 11) is 0. The Kier molecular flexibility index (Phi) is 5.12.